The van der Waals surface area contributed by atoms with Gasteiger partial charge in [0.1, 0.15) is 0 Å². The van der Waals surface area contributed by atoms with Gasteiger partial charge in [0.15, 0.2) is 0 Å². The minimum absolute atomic E-state index is 0.640. The normalized spacial score (nSPS) is 15.1. The van der Waals surface area contributed by atoms with Crippen molar-refractivity contribution in [2.45, 2.75) is 6.42 Å². The fourth-order valence-corrected chi connectivity index (χ4v) is 0.628. The van der Waals surface area contributed by atoms with Crippen LogP contribution in [0.5, 0.6) is 0 Å². The number of rotatable bonds is 0. The van der Waals surface area contributed by atoms with Gasteiger partial charge in [-0.2, -0.15) is 0 Å². The van der Waals surface area contributed by atoms with Gasteiger partial charge in [0, 0.05) is 13.1 Å². The van der Waals surface area contributed by atoms with Crippen LogP contribution >= 0.6 is 0 Å². The Morgan fingerprint density at radius 2 is 1.91 bits per heavy atom. The number of hydrogen-bond acceptors (Lipinski definition) is 4. The van der Waals surface area contributed by atoms with E-state index in [2.05, 4.69) is 15.5 Å². The second kappa shape index (κ2) is 3.09. The lowest BCUT2D eigenvalue weighted by Gasteiger charge is -2.28. The summed E-state index contributed by atoms with van der Waals surface area (Å²) in [6.45, 7) is 1.28. The Bertz CT molecular complexity index is 177. The minimum Gasteiger partial charge on any atom is -0.332 e. The molecule has 0 saturated carbocycles. The van der Waals surface area contributed by atoms with Gasteiger partial charge in [0.25, 0.3) is 0 Å². The SMILES string of the molecule is NC(=O)OOC(=O)N1CCC1. The van der Waals surface area contributed by atoms with Crippen LogP contribution in [0.2, 0.25) is 0 Å². The van der Waals surface area contributed by atoms with Crippen molar-refractivity contribution in [3.8, 4) is 0 Å². The van der Waals surface area contributed by atoms with Gasteiger partial charge in [-0.3, -0.25) is 0 Å². The summed E-state index contributed by atoms with van der Waals surface area (Å²) in [6.07, 6.45) is -0.847. The molecule has 0 bridgehead atoms. The molecule has 0 aromatic carbocycles. The highest BCUT2D eigenvalue weighted by molar-refractivity contribution is 5.70. The van der Waals surface area contributed by atoms with Crippen molar-refractivity contribution in [2.24, 2.45) is 5.73 Å². The standard InChI is InChI=1S/C5H8N2O4/c6-4(8)10-11-5(9)7-2-1-3-7/h1-3H2,(H2,6,8). The smallest absolute Gasteiger partial charge is 0.332 e. The topological polar surface area (TPSA) is 81.9 Å². The molecule has 1 saturated heterocycles. The van der Waals surface area contributed by atoms with Gasteiger partial charge < -0.3 is 10.6 Å². The molecule has 0 aromatic heterocycles. The van der Waals surface area contributed by atoms with Gasteiger partial charge in [0.2, 0.25) is 0 Å². The Balaban J connectivity index is 2.15. The van der Waals surface area contributed by atoms with Crippen LogP contribution in [0.4, 0.5) is 9.59 Å². The second-order valence-corrected chi connectivity index (χ2v) is 2.09. The summed E-state index contributed by atoms with van der Waals surface area (Å²) in [6, 6.07) is 0. The number of hydrogen-bond donors (Lipinski definition) is 1. The molecule has 1 rings (SSSR count). The van der Waals surface area contributed by atoms with E-state index in [0.717, 1.165) is 6.42 Å². The molecule has 6 nitrogen and oxygen atoms in total. The number of primary amides is 1. The highest BCUT2D eigenvalue weighted by atomic mass is 17.2. The summed E-state index contributed by atoms with van der Waals surface area (Å²) < 4.78 is 0. The molecule has 1 aliphatic heterocycles. The highest BCUT2D eigenvalue weighted by Crippen LogP contribution is 2.07. The van der Waals surface area contributed by atoms with Crippen molar-refractivity contribution in [3.05, 3.63) is 0 Å². The first kappa shape index (κ1) is 7.64. The number of carbonyl (C=O) groups is 2. The molecule has 0 aliphatic carbocycles. The molecule has 0 aromatic rings. The Kier molecular flexibility index (Phi) is 2.15. The summed E-state index contributed by atoms with van der Waals surface area (Å²) in [7, 11) is 0. The van der Waals surface area contributed by atoms with Crippen LogP contribution in [-0.2, 0) is 9.78 Å². The lowest BCUT2D eigenvalue weighted by molar-refractivity contribution is -0.188. The summed E-state index contributed by atoms with van der Waals surface area (Å²) in [4.78, 5) is 29.9. The number of likely N-dealkylation sites (tertiary alicyclic amines) is 1. The van der Waals surface area contributed by atoms with Crippen LogP contribution in [-0.4, -0.2) is 30.2 Å². The van der Waals surface area contributed by atoms with Crippen molar-refractivity contribution in [1.29, 1.82) is 0 Å². The van der Waals surface area contributed by atoms with Crippen LogP contribution in [0, 0.1) is 0 Å². The Hall–Kier alpha value is -1.46. The summed E-state index contributed by atoms with van der Waals surface area (Å²) >= 11 is 0. The second-order valence-electron chi connectivity index (χ2n) is 2.09. The molecule has 0 spiro atoms. The number of nitrogens with zero attached hydrogens (tertiary/aromatic N) is 1. The van der Waals surface area contributed by atoms with Crippen molar-refractivity contribution in [2.75, 3.05) is 13.1 Å². The van der Waals surface area contributed by atoms with Crippen molar-refractivity contribution < 1.29 is 19.4 Å². The Labute approximate surface area is 62.8 Å². The van der Waals surface area contributed by atoms with E-state index in [1.165, 1.54) is 4.90 Å². The van der Waals surface area contributed by atoms with Gasteiger partial charge in [0.05, 0.1) is 0 Å². The predicted octanol–water partition coefficient (Wildman–Crippen LogP) is -0.161. The van der Waals surface area contributed by atoms with Crippen molar-refractivity contribution in [1.82, 2.24) is 4.90 Å². The molecule has 0 unspecified atom stereocenters. The lowest BCUT2D eigenvalue weighted by atomic mass is 10.2. The average molecular weight is 160 g/mol. The van der Waals surface area contributed by atoms with Gasteiger partial charge in [-0.1, -0.05) is 0 Å². The summed E-state index contributed by atoms with van der Waals surface area (Å²) in [5, 5.41) is 0. The zero-order chi connectivity index (χ0) is 8.27. The van der Waals surface area contributed by atoms with Crippen molar-refractivity contribution in [3.63, 3.8) is 0 Å². The van der Waals surface area contributed by atoms with E-state index < -0.39 is 12.2 Å². The molecule has 62 valence electrons. The van der Waals surface area contributed by atoms with Crippen molar-refractivity contribution >= 4 is 12.2 Å². The maximum absolute atomic E-state index is 10.7. The first-order valence-electron chi connectivity index (χ1n) is 3.13. The van der Waals surface area contributed by atoms with Gasteiger partial charge in [-0.05, 0) is 6.42 Å². The van der Waals surface area contributed by atoms with Crippen LogP contribution in [0.15, 0.2) is 0 Å². The quantitative estimate of drug-likeness (QED) is 0.394. The highest BCUT2D eigenvalue weighted by Gasteiger charge is 2.23. The third-order valence-electron chi connectivity index (χ3n) is 1.31. The number of carbonyl (C=O) groups excluding carboxylic acids is 2. The zero-order valence-electron chi connectivity index (χ0n) is 5.78. The molecular formula is C5H8N2O4. The van der Waals surface area contributed by atoms with Gasteiger partial charge in [-0.25, -0.2) is 19.4 Å². The molecular weight excluding hydrogens is 152 g/mol. The van der Waals surface area contributed by atoms with Gasteiger partial charge in [-0.15, -0.1) is 0 Å². The molecule has 2 N–H and O–H groups in total. The molecule has 11 heavy (non-hydrogen) atoms. The first-order valence-corrected chi connectivity index (χ1v) is 3.13. The number of nitrogens with two attached hydrogens (primary N) is 1. The molecule has 1 fully saturated rings. The fourth-order valence-electron chi connectivity index (χ4n) is 0.628. The summed E-state index contributed by atoms with van der Waals surface area (Å²) in [5.41, 5.74) is 4.54. The largest absolute Gasteiger partial charge is 0.453 e. The third-order valence-corrected chi connectivity index (χ3v) is 1.31. The molecule has 1 aliphatic rings. The third kappa shape index (κ3) is 1.99. The van der Waals surface area contributed by atoms with Crippen LogP contribution in [0.3, 0.4) is 0 Å². The van der Waals surface area contributed by atoms with Gasteiger partial charge >= 0.3 is 12.2 Å². The van der Waals surface area contributed by atoms with E-state index in [0.29, 0.717) is 13.1 Å². The van der Waals surface area contributed by atoms with Crippen LogP contribution in [0.1, 0.15) is 6.42 Å². The molecule has 0 radical (unpaired) electrons. The van der Waals surface area contributed by atoms with E-state index >= 15 is 0 Å². The summed E-state index contributed by atoms with van der Waals surface area (Å²) in [5.74, 6) is 0. The van der Waals surface area contributed by atoms with E-state index in [1.807, 2.05) is 0 Å². The zero-order valence-corrected chi connectivity index (χ0v) is 5.78. The minimum atomic E-state index is -1.13. The first-order chi connectivity index (χ1) is 5.20. The molecule has 1 heterocycles. The average Bonchev–Trinajstić information content (AvgIpc) is 1.79. The Morgan fingerprint density at radius 3 is 2.27 bits per heavy atom. The fraction of sp³-hybridized carbons (Fsp3) is 0.600. The maximum atomic E-state index is 10.7. The predicted molar refractivity (Wildman–Crippen MR) is 33.3 cm³/mol. The Morgan fingerprint density at radius 1 is 1.27 bits per heavy atom. The molecule has 0 atom stereocenters. The monoisotopic (exact) mass is 160 g/mol. The van der Waals surface area contributed by atoms with E-state index in [1.54, 1.807) is 0 Å². The van der Waals surface area contributed by atoms with Crippen LogP contribution < -0.4 is 5.73 Å². The molecule has 2 amide bonds. The van der Waals surface area contributed by atoms with E-state index in [9.17, 15) is 9.59 Å². The van der Waals surface area contributed by atoms with E-state index in [4.69, 9.17) is 0 Å². The number of amides is 2. The maximum Gasteiger partial charge on any atom is 0.453 e. The van der Waals surface area contributed by atoms with Crippen LogP contribution in [0.25, 0.3) is 0 Å². The molecule has 6 heteroatoms. The lowest BCUT2D eigenvalue weighted by Crippen LogP contribution is -2.42. The van der Waals surface area contributed by atoms with E-state index in [-0.39, 0.29) is 0 Å².